The zero-order valence-corrected chi connectivity index (χ0v) is 23.0. The summed E-state index contributed by atoms with van der Waals surface area (Å²) < 4.78 is 32.5. The van der Waals surface area contributed by atoms with Gasteiger partial charge in [0.1, 0.15) is 24.4 Å². The van der Waals surface area contributed by atoms with Crippen molar-refractivity contribution in [2.24, 2.45) is 0 Å². The molecule has 0 radical (unpaired) electrons. The quantitative estimate of drug-likeness (QED) is 0.189. The summed E-state index contributed by atoms with van der Waals surface area (Å²) in [5.41, 5.74) is 4.41. The number of hydrogen-bond donors (Lipinski definition) is 0. The van der Waals surface area contributed by atoms with Crippen LogP contribution in [0.15, 0.2) is 121 Å². The normalized spacial score (nSPS) is 22.7. The SMILES string of the molecule is C[C@@H]1O[C@@H](COCc2ccccc2)[C@@H](OCc2ccccc2)[C@@H](OCc2ccccc2)[C@H]1OCc1ccccc1. The second kappa shape index (κ2) is 14.9. The second-order valence-electron chi connectivity index (χ2n) is 10.2. The minimum atomic E-state index is -0.392. The van der Waals surface area contributed by atoms with Crippen LogP contribution in [-0.4, -0.2) is 37.1 Å². The molecular formula is C35H38O5. The van der Waals surface area contributed by atoms with E-state index in [2.05, 4.69) is 48.5 Å². The van der Waals surface area contributed by atoms with E-state index >= 15 is 0 Å². The van der Waals surface area contributed by atoms with Crippen LogP contribution in [0.5, 0.6) is 0 Å². The lowest BCUT2D eigenvalue weighted by molar-refractivity contribution is -0.269. The molecule has 208 valence electrons. The van der Waals surface area contributed by atoms with E-state index in [1.807, 2.05) is 79.7 Å². The van der Waals surface area contributed by atoms with Gasteiger partial charge in [0, 0.05) is 0 Å². The van der Waals surface area contributed by atoms with Gasteiger partial charge in [-0.1, -0.05) is 121 Å². The maximum absolute atomic E-state index is 6.65. The van der Waals surface area contributed by atoms with Crippen molar-refractivity contribution in [2.75, 3.05) is 6.61 Å². The molecule has 1 aliphatic heterocycles. The lowest BCUT2D eigenvalue weighted by Crippen LogP contribution is -2.60. The smallest absolute Gasteiger partial charge is 0.115 e. The minimum Gasteiger partial charge on any atom is -0.374 e. The molecule has 5 heteroatoms. The van der Waals surface area contributed by atoms with E-state index in [9.17, 15) is 0 Å². The van der Waals surface area contributed by atoms with Crippen molar-refractivity contribution in [2.45, 2.75) is 63.9 Å². The summed E-state index contributed by atoms with van der Waals surface area (Å²) in [6.07, 6.45) is -1.61. The average molecular weight is 539 g/mol. The first-order valence-corrected chi connectivity index (χ1v) is 14.0. The Labute approximate surface area is 237 Å². The van der Waals surface area contributed by atoms with Crippen molar-refractivity contribution in [1.82, 2.24) is 0 Å². The highest BCUT2D eigenvalue weighted by atomic mass is 16.6. The Bertz CT molecular complexity index is 1240. The summed E-state index contributed by atoms with van der Waals surface area (Å²) in [6.45, 7) is 4.29. The highest BCUT2D eigenvalue weighted by Crippen LogP contribution is 2.30. The minimum absolute atomic E-state index is 0.216. The van der Waals surface area contributed by atoms with Crippen LogP contribution in [-0.2, 0) is 50.1 Å². The number of rotatable bonds is 13. The molecule has 4 aromatic rings. The fourth-order valence-electron chi connectivity index (χ4n) is 5.02. The Kier molecular flexibility index (Phi) is 10.5. The standard InChI is InChI=1S/C35H38O5/c1-27-33(37-23-29-16-8-3-9-17-29)35(39-25-31-20-12-5-13-21-31)34(38-24-30-18-10-4-11-19-30)32(40-27)26-36-22-28-14-6-2-7-15-28/h2-21,27,32-35H,22-26H2,1H3/t27-,32-,33-,34+,35-/m0/s1. The Morgan fingerprint density at radius 3 is 1.30 bits per heavy atom. The van der Waals surface area contributed by atoms with Crippen molar-refractivity contribution in [3.05, 3.63) is 144 Å². The first kappa shape index (κ1) is 28.2. The van der Waals surface area contributed by atoms with E-state index in [0.29, 0.717) is 33.0 Å². The average Bonchev–Trinajstić information content (AvgIpc) is 3.01. The van der Waals surface area contributed by atoms with Crippen LogP contribution in [0.4, 0.5) is 0 Å². The molecule has 0 bridgehead atoms. The first-order valence-electron chi connectivity index (χ1n) is 14.0. The van der Waals surface area contributed by atoms with Crippen LogP contribution in [0, 0.1) is 0 Å². The third-order valence-corrected chi connectivity index (χ3v) is 7.12. The highest BCUT2D eigenvalue weighted by molar-refractivity contribution is 5.16. The van der Waals surface area contributed by atoms with Gasteiger partial charge in [-0.2, -0.15) is 0 Å². The predicted molar refractivity (Wildman–Crippen MR) is 155 cm³/mol. The summed E-state index contributed by atoms with van der Waals surface area (Å²) in [5.74, 6) is 0. The summed E-state index contributed by atoms with van der Waals surface area (Å²) in [4.78, 5) is 0. The zero-order valence-electron chi connectivity index (χ0n) is 23.0. The van der Waals surface area contributed by atoms with Gasteiger partial charge < -0.3 is 23.7 Å². The van der Waals surface area contributed by atoms with Crippen molar-refractivity contribution >= 4 is 0 Å². The first-order chi connectivity index (χ1) is 19.8. The van der Waals surface area contributed by atoms with Gasteiger partial charge in [-0.3, -0.25) is 0 Å². The largest absolute Gasteiger partial charge is 0.374 e. The van der Waals surface area contributed by atoms with Crippen LogP contribution in [0.2, 0.25) is 0 Å². The predicted octanol–water partition coefficient (Wildman–Crippen LogP) is 6.75. The molecule has 0 unspecified atom stereocenters. The van der Waals surface area contributed by atoms with Gasteiger partial charge in [-0.15, -0.1) is 0 Å². The molecule has 1 aliphatic rings. The van der Waals surface area contributed by atoms with Crippen molar-refractivity contribution in [1.29, 1.82) is 0 Å². The van der Waals surface area contributed by atoms with Crippen molar-refractivity contribution < 1.29 is 23.7 Å². The van der Waals surface area contributed by atoms with Crippen LogP contribution in [0.25, 0.3) is 0 Å². The molecule has 5 nitrogen and oxygen atoms in total. The van der Waals surface area contributed by atoms with Gasteiger partial charge in [0.15, 0.2) is 0 Å². The van der Waals surface area contributed by atoms with Crippen LogP contribution < -0.4 is 0 Å². The summed E-state index contributed by atoms with van der Waals surface area (Å²) in [6, 6.07) is 40.8. The van der Waals surface area contributed by atoms with Gasteiger partial charge >= 0.3 is 0 Å². The van der Waals surface area contributed by atoms with Crippen LogP contribution in [0.3, 0.4) is 0 Å². The van der Waals surface area contributed by atoms with Crippen molar-refractivity contribution in [3.63, 3.8) is 0 Å². The van der Waals surface area contributed by atoms with E-state index in [4.69, 9.17) is 23.7 Å². The molecular weight excluding hydrogens is 500 g/mol. The van der Waals surface area contributed by atoms with Gasteiger partial charge in [0.25, 0.3) is 0 Å². The highest BCUT2D eigenvalue weighted by Gasteiger charge is 2.46. The Morgan fingerprint density at radius 1 is 0.475 bits per heavy atom. The van der Waals surface area contributed by atoms with E-state index in [1.54, 1.807) is 0 Å². The maximum Gasteiger partial charge on any atom is 0.115 e. The molecule has 4 aromatic carbocycles. The summed E-state index contributed by atoms with van der Waals surface area (Å²) >= 11 is 0. The summed E-state index contributed by atoms with van der Waals surface area (Å²) in [5, 5.41) is 0. The number of ether oxygens (including phenoxy) is 5. The molecule has 0 spiro atoms. The molecule has 0 aliphatic carbocycles. The molecule has 0 amide bonds. The number of hydrogen-bond acceptors (Lipinski definition) is 5. The van der Waals surface area contributed by atoms with Gasteiger partial charge in [0.05, 0.1) is 39.1 Å². The van der Waals surface area contributed by atoms with Crippen LogP contribution in [0.1, 0.15) is 29.2 Å². The molecule has 0 N–H and O–H groups in total. The molecule has 5 atom stereocenters. The molecule has 0 saturated carbocycles. The fraction of sp³-hybridized carbons (Fsp3) is 0.314. The Balaban J connectivity index is 1.36. The van der Waals surface area contributed by atoms with E-state index in [-0.39, 0.29) is 24.4 Å². The molecule has 40 heavy (non-hydrogen) atoms. The lowest BCUT2D eigenvalue weighted by Gasteiger charge is -2.45. The third-order valence-electron chi connectivity index (χ3n) is 7.12. The summed E-state index contributed by atoms with van der Waals surface area (Å²) in [7, 11) is 0. The third kappa shape index (κ3) is 8.10. The van der Waals surface area contributed by atoms with E-state index < -0.39 is 6.10 Å². The number of benzene rings is 4. The molecule has 5 rings (SSSR count). The van der Waals surface area contributed by atoms with Gasteiger partial charge in [0.2, 0.25) is 0 Å². The second-order valence-corrected chi connectivity index (χ2v) is 10.2. The zero-order chi connectivity index (χ0) is 27.4. The molecule has 1 fully saturated rings. The lowest BCUT2D eigenvalue weighted by atomic mass is 9.94. The monoisotopic (exact) mass is 538 g/mol. The van der Waals surface area contributed by atoms with Gasteiger partial charge in [-0.05, 0) is 29.2 Å². The van der Waals surface area contributed by atoms with Crippen molar-refractivity contribution in [3.8, 4) is 0 Å². The van der Waals surface area contributed by atoms with Crippen LogP contribution >= 0.6 is 0 Å². The molecule has 1 heterocycles. The Hall–Kier alpha value is -3.32. The van der Waals surface area contributed by atoms with E-state index in [1.165, 1.54) is 0 Å². The topological polar surface area (TPSA) is 46.2 Å². The Morgan fingerprint density at radius 2 is 0.850 bits per heavy atom. The molecule has 0 aromatic heterocycles. The fourth-order valence-corrected chi connectivity index (χ4v) is 5.02. The maximum atomic E-state index is 6.65. The van der Waals surface area contributed by atoms with Gasteiger partial charge in [-0.25, -0.2) is 0 Å². The van der Waals surface area contributed by atoms with E-state index in [0.717, 1.165) is 22.3 Å². The molecule has 1 saturated heterocycles.